The lowest BCUT2D eigenvalue weighted by Crippen LogP contribution is -2.56. The van der Waals surface area contributed by atoms with Gasteiger partial charge in [-0.05, 0) is 33.3 Å². The van der Waals surface area contributed by atoms with Gasteiger partial charge in [0, 0.05) is 18.0 Å². The van der Waals surface area contributed by atoms with Crippen LogP contribution in [0.25, 0.3) is 0 Å². The number of nitrogens with zero attached hydrogens (tertiary/aromatic N) is 3. The van der Waals surface area contributed by atoms with Crippen molar-refractivity contribution >= 4 is 23.6 Å². The number of ketones is 2. The third-order valence-corrected chi connectivity index (χ3v) is 6.87. The number of ether oxygens (including phenoxy) is 1. The fourth-order valence-corrected chi connectivity index (χ4v) is 4.57. The van der Waals surface area contributed by atoms with Crippen LogP contribution in [0.5, 0.6) is 0 Å². The summed E-state index contributed by atoms with van der Waals surface area (Å²) in [5, 5.41) is 22.6. The molecule has 4 atom stereocenters. The summed E-state index contributed by atoms with van der Waals surface area (Å²) in [7, 11) is 0. The fourth-order valence-electron chi connectivity index (χ4n) is 4.57. The van der Waals surface area contributed by atoms with Gasteiger partial charge in [-0.3, -0.25) is 14.5 Å². The highest BCUT2D eigenvalue weighted by atomic mass is 16.5. The monoisotopic (exact) mass is 508 g/mol. The molecule has 2 aliphatic rings. The summed E-state index contributed by atoms with van der Waals surface area (Å²) in [4.78, 5) is 46.6. The van der Waals surface area contributed by atoms with E-state index >= 15 is 0 Å². The number of Topliss-reactive ketones (excluding diaryl/α,β-unsaturated/α-hetero) is 2. The zero-order valence-electron chi connectivity index (χ0n) is 21.3. The van der Waals surface area contributed by atoms with Gasteiger partial charge >= 0.3 is 6.03 Å². The van der Waals surface area contributed by atoms with Crippen molar-refractivity contribution in [2.75, 3.05) is 6.67 Å². The first-order valence-corrected chi connectivity index (χ1v) is 12.1. The highest BCUT2D eigenvalue weighted by Crippen LogP contribution is 2.39. The number of aliphatic hydroxyl groups excluding tert-OH is 1. The van der Waals surface area contributed by atoms with Crippen LogP contribution in [-0.2, 0) is 9.53 Å². The molecule has 0 saturated carbocycles. The van der Waals surface area contributed by atoms with E-state index in [-0.39, 0.29) is 30.7 Å². The number of carbonyl (C=O) groups is 3. The number of urea groups is 1. The smallest absolute Gasteiger partial charge is 0.350 e. The molecule has 4 rings (SSSR count). The Kier molecular flexibility index (Phi) is 7.18. The van der Waals surface area contributed by atoms with Gasteiger partial charge in [0.25, 0.3) is 0 Å². The Labute approximate surface area is 215 Å². The molecule has 0 bridgehead atoms. The van der Waals surface area contributed by atoms with E-state index in [9.17, 15) is 24.6 Å². The number of carbonyl (C=O) groups excluding carboxylic acids is 3. The van der Waals surface area contributed by atoms with Crippen molar-refractivity contribution in [1.82, 2.24) is 9.80 Å². The number of benzene rings is 2. The van der Waals surface area contributed by atoms with Crippen LogP contribution >= 0.6 is 0 Å². The molecule has 196 valence electrons. The first-order valence-electron chi connectivity index (χ1n) is 12.1. The van der Waals surface area contributed by atoms with Crippen molar-refractivity contribution < 1.29 is 29.3 Å². The molecule has 1 fully saturated rings. The molecule has 2 aliphatic heterocycles. The molecule has 2 aromatic rings. The molecule has 37 heavy (non-hydrogen) atoms. The highest BCUT2D eigenvalue weighted by molar-refractivity contribution is 6.07. The Morgan fingerprint density at radius 3 is 2.22 bits per heavy atom. The Bertz CT molecular complexity index is 1230. The van der Waals surface area contributed by atoms with Gasteiger partial charge in [0.2, 0.25) is 5.96 Å². The van der Waals surface area contributed by atoms with Crippen LogP contribution in [0, 0.1) is 13.8 Å². The summed E-state index contributed by atoms with van der Waals surface area (Å²) in [6.45, 7) is 7.46. The Balaban J connectivity index is 1.70. The van der Waals surface area contributed by atoms with Crippen LogP contribution in [0.15, 0.2) is 53.5 Å². The zero-order valence-corrected chi connectivity index (χ0v) is 21.3. The van der Waals surface area contributed by atoms with Crippen molar-refractivity contribution in [1.29, 1.82) is 0 Å². The lowest BCUT2D eigenvalue weighted by molar-refractivity contribution is -0.149. The maximum Gasteiger partial charge on any atom is 0.350 e. The number of aryl methyl sites for hydroxylation is 2. The maximum atomic E-state index is 13.6. The molecule has 1 unspecified atom stereocenters. The average Bonchev–Trinajstić information content (AvgIpc) is 3.21. The van der Waals surface area contributed by atoms with Crippen LogP contribution < -0.4 is 5.73 Å². The van der Waals surface area contributed by atoms with Gasteiger partial charge in [0.05, 0.1) is 0 Å². The summed E-state index contributed by atoms with van der Waals surface area (Å²) in [6.07, 6.45) is -4.93. The summed E-state index contributed by atoms with van der Waals surface area (Å²) in [5.74, 6) is -1.58. The second kappa shape index (κ2) is 10.0. The van der Waals surface area contributed by atoms with Gasteiger partial charge in [-0.15, -0.1) is 0 Å². The Morgan fingerprint density at radius 1 is 1.08 bits per heavy atom. The predicted molar refractivity (Wildman–Crippen MR) is 136 cm³/mol. The number of nitrogens with two attached hydrogens (primary N) is 1. The third kappa shape index (κ3) is 5.00. The predicted octanol–water partition coefficient (Wildman–Crippen LogP) is 2.05. The number of hydrogen-bond acceptors (Lipinski definition) is 8. The van der Waals surface area contributed by atoms with Crippen molar-refractivity contribution in [3.63, 3.8) is 0 Å². The molecule has 4 N–H and O–H groups in total. The SMILES string of the molecule is Cc1ccc(C(=O)[C@]2(O)C[C@H](N3CN(C(C)C)C(N)=NC3=O)O[C@@H]2C(=O)C(O)c2ccc(C)cc2)cc1. The van der Waals surface area contributed by atoms with Gasteiger partial charge in [0.1, 0.15) is 19.0 Å². The van der Waals surface area contributed by atoms with Crippen LogP contribution in [0.1, 0.15) is 53.4 Å². The molecule has 10 heteroatoms. The van der Waals surface area contributed by atoms with E-state index < -0.39 is 41.6 Å². The fraction of sp³-hybridized carbons (Fsp3) is 0.407. The van der Waals surface area contributed by atoms with Gasteiger partial charge in [0.15, 0.2) is 23.3 Å². The topological polar surface area (TPSA) is 146 Å². The molecular weight excluding hydrogens is 476 g/mol. The number of amides is 2. The minimum atomic E-state index is -2.33. The number of guanidine groups is 1. The summed E-state index contributed by atoms with van der Waals surface area (Å²) in [5.41, 5.74) is 5.89. The minimum Gasteiger partial charge on any atom is -0.380 e. The largest absolute Gasteiger partial charge is 0.380 e. The van der Waals surface area contributed by atoms with Gasteiger partial charge in [-0.1, -0.05) is 59.7 Å². The van der Waals surface area contributed by atoms with E-state index in [1.54, 1.807) is 53.4 Å². The van der Waals surface area contributed by atoms with Crippen molar-refractivity contribution in [2.24, 2.45) is 10.7 Å². The van der Waals surface area contributed by atoms with Crippen molar-refractivity contribution in [2.45, 2.75) is 64.2 Å². The molecule has 0 radical (unpaired) electrons. The molecule has 10 nitrogen and oxygen atoms in total. The van der Waals surface area contributed by atoms with E-state index in [0.717, 1.165) is 11.1 Å². The second-order valence-electron chi connectivity index (χ2n) is 9.94. The first kappa shape index (κ1) is 26.5. The molecule has 2 amide bonds. The molecule has 1 saturated heterocycles. The molecule has 0 aromatic heterocycles. The highest BCUT2D eigenvalue weighted by Gasteiger charge is 2.59. The number of aliphatic imine (C=N–C) groups is 1. The van der Waals surface area contributed by atoms with Crippen LogP contribution in [-0.4, -0.2) is 74.2 Å². The molecule has 0 aliphatic carbocycles. The van der Waals surface area contributed by atoms with E-state index in [2.05, 4.69) is 4.99 Å². The zero-order chi connectivity index (χ0) is 27.1. The van der Waals surface area contributed by atoms with E-state index in [4.69, 9.17) is 10.5 Å². The number of hydrogen-bond donors (Lipinski definition) is 3. The van der Waals surface area contributed by atoms with Gasteiger partial charge in [-0.25, -0.2) is 4.79 Å². The standard InChI is InChI=1S/C27H32N4O6/c1-15(2)30-14-31(26(35)29-25(30)28)20-13-27(36,23(34)19-11-7-17(4)8-12-19)24(37-20)22(33)21(32)18-9-5-16(3)6-10-18/h5-12,15,20-21,24,32,36H,13-14H2,1-4H3,(H2,28,29,35)/t20-,21?,24-,27-/m1/s1. The summed E-state index contributed by atoms with van der Waals surface area (Å²) in [6, 6.07) is 12.4. The molecular formula is C27H32N4O6. The van der Waals surface area contributed by atoms with Crippen molar-refractivity contribution in [3.05, 3.63) is 70.8 Å². The van der Waals surface area contributed by atoms with Crippen LogP contribution in [0.2, 0.25) is 0 Å². The number of rotatable bonds is 7. The normalized spacial score (nSPS) is 24.8. The van der Waals surface area contributed by atoms with E-state index in [1.165, 1.54) is 4.90 Å². The molecule has 0 spiro atoms. The third-order valence-electron chi connectivity index (χ3n) is 6.87. The van der Waals surface area contributed by atoms with Crippen LogP contribution in [0.3, 0.4) is 0 Å². The van der Waals surface area contributed by atoms with Crippen molar-refractivity contribution in [3.8, 4) is 0 Å². The second-order valence-corrected chi connectivity index (χ2v) is 9.94. The summed E-state index contributed by atoms with van der Waals surface area (Å²) >= 11 is 0. The van der Waals surface area contributed by atoms with Gasteiger partial charge < -0.3 is 25.6 Å². The molecule has 2 heterocycles. The Morgan fingerprint density at radius 2 is 1.65 bits per heavy atom. The summed E-state index contributed by atoms with van der Waals surface area (Å²) < 4.78 is 5.93. The van der Waals surface area contributed by atoms with Crippen LogP contribution in [0.4, 0.5) is 4.79 Å². The number of aliphatic hydroxyl groups is 2. The van der Waals surface area contributed by atoms with E-state index in [0.29, 0.717) is 5.56 Å². The lowest BCUT2D eigenvalue weighted by atomic mass is 9.82. The maximum absolute atomic E-state index is 13.6. The van der Waals surface area contributed by atoms with Gasteiger partial charge in [-0.2, -0.15) is 4.99 Å². The first-order chi connectivity index (χ1) is 17.4. The lowest BCUT2D eigenvalue weighted by Gasteiger charge is -2.38. The average molecular weight is 509 g/mol. The van der Waals surface area contributed by atoms with E-state index in [1.807, 2.05) is 27.7 Å². The Hall–Kier alpha value is -3.60. The minimum absolute atomic E-state index is 0.00721. The quantitative estimate of drug-likeness (QED) is 0.482. The molecule has 2 aromatic carbocycles.